The zero-order valence-corrected chi connectivity index (χ0v) is 12.0. The van der Waals surface area contributed by atoms with Gasteiger partial charge in [-0.2, -0.15) is 0 Å². The molecular weight excluding hydrogens is 296 g/mol. The topological polar surface area (TPSA) is 46.5 Å². The fourth-order valence-electron chi connectivity index (χ4n) is 2.22. The van der Waals surface area contributed by atoms with Gasteiger partial charge in [0.15, 0.2) is 5.78 Å². The lowest BCUT2D eigenvalue weighted by Gasteiger charge is -2.11. The first kappa shape index (κ1) is 13.6. The molecule has 1 aromatic rings. The van der Waals surface area contributed by atoms with E-state index < -0.39 is 6.10 Å². The molecule has 18 heavy (non-hydrogen) atoms. The number of carbonyl (C=O) groups excluding carboxylic acids is 1. The molecule has 0 aliphatic carbocycles. The van der Waals surface area contributed by atoms with Crippen LogP contribution in [0.25, 0.3) is 0 Å². The molecule has 1 aliphatic heterocycles. The Kier molecular flexibility index (Phi) is 4.40. The van der Waals surface area contributed by atoms with E-state index in [0.717, 1.165) is 34.2 Å². The summed E-state index contributed by atoms with van der Waals surface area (Å²) in [6.07, 6.45) is 1.60. The SMILES string of the molecule is CCCC(O)C(=O)Cc1cc(Br)cc2c1OCC2. The Morgan fingerprint density at radius 3 is 3.06 bits per heavy atom. The second-order valence-electron chi connectivity index (χ2n) is 4.60. The van der Waals surface area contributed by atoms with Crippen LogP contribution in [0, 0.1) is 0 Å². The maximum Gasteiger partial charge on any atom is 0.165 e. The third-order valence-corrected chi connectivity index (χ3v) is 3.58. The van der Waals surface area contributed by atoms with Crippen molar-refractivity contribution in [3.8, 4) is 5.75 Å². The third-order valence-electron chi connectivity index (χ3n) is 3.12. The Labute approximate surface area is 115 Å². The molecule has 1 aliphatic rings. The van der Waals surface area contributed by atoms with Crippen LogP contribution in [0.3, 0.4) is 0 Å². The molecule has 0 fully saturated rings. The first-order chi connectivity index (χ1) is 8.61. The molecule has 1 heterocycles. The molecular formula is C14H17BrO3. The summed E-state index contributed by atoms with van der Waals surface area (Å²) in [5.41, 5.74) is 2.01. The van der Waals surface area contributed by atoms with Crippen LogP contribution in [0.4, 0.5) is 0 Å². The minimum Gasteiger partial charge on any atom is -0.493 e. The van der Waals surface area contributed by atoms with Crippen LogP contribution < -0.4 is 4.74 Å². The second kappa shape index (κ2) is 5.85. The number of aliphatic hydroxyl groups excluding tert-OH is 1. The van der Waals surface area contributed by atoms with Gasteiger partial charge in [0.1, 0.15) is 11.9 Å². The summed E-state index contributed by atoms with van der Waals surface area (Å²) in [5.74, 6) is 0.697. The average molecular weight is 313 g/mol. The summed E-state index contributed by atoms with van der Waals surface area (Å²) < 4.78 is 6.53. The maximum absolute atomic E-state index is 11.9. The molecule has 0 bridgehead atoms. The number of ether oxygens (including phenoxy) is 1. The monoisotopic (exact) mass is 312 g/mol. The van der Waals surface area contributed by atoms with Crippen molar-refractivity contribution in [1.29, 1.82) is 0 Å². The predicted octanol–water partition coefficient (Wildman–Crippen LogP) is 2.66. The van der Waals surface area contributed by atoms with Crippen molar-refractivity contribution in [2.45, 2.75) is 38.7 Å². The van der Waals surface area contributed by atoms with Crippen molar-refractivity contribution in [2.24, 2.45) is 0 Å². The van der Waals surface area contributed by atoms with E-state index in [-0.39, 0.29) is 12.2 Å². The first-order valence-corrected chi connectivity index (χ1v) is 7.06. The van der Waals surface area contributed by atoms with E-state index in [0.29, 0.717) is 13.0 Å². The fourth-order valence-corrected chi connectivity index (χ4v) is 2.77. The third kappa shape index (κ3) is 2.93. The van der Waals surface area contributed by atoms with Crippen molar-refractivity contribution in [1.82, 2.24) is 0 Å². The quantitative estimate of drug-likeness (QED) is 0.909. The Morgan fingerprint density at radius 1 is 1.56 bits per heavy atom. The number of hydrogen-bond donors (Lipinski definition) is 1. The minimum absolute atomic E-state index is 0.132. The predicted molar refractivity (Wildman–Crippen MR) is 73.0 cm³/mol. The molecule has 2 rings (SSSR count). The molecule has 98 valence electrons. The number of rotatable bonds is 5. The van der Waals surface area contributed by atoms with Crippen LogP contribution in [0.5, 0.6) is 5.75 Å². The van der Waals surface area contributed by atoms with E-state index in [1.54, 1.807) is 0 Å². The van der Waals surface area contributed by atoms with Gasteiger partial charge in [0.05, 0.1) is 6.61 Å². The fraction of sp³-hybridized carbons (Fsp3) is 0.500. The lowest BCUT2D eigenvalue weighted by molar-refractivity contribution is -0.126. The zero-order chi connectivity index (χ0) is 13.1. The van der Waals surface area contributed by atoms with Crippen LogP contribution in [0.15, 0.2) is 16.6 Å². The largest absolute Gasteiger partial charge is 0.493 e. The lowest BCUT2D eigenvalue weighted by atomic mass is 10.00. The molecule has 1 unspecified atom stereocenters. The Balaban J connectivity index is 2.17. The van der Waals surface area contributed by atoms with Crippen LogP contribution >= 0.6 is 15.9 Å². The minimum atomic E-state index is -0.856. The average Bonchev–Trinajstić information content (AvgIpc) is 2.77. The van der Waals surface area contributed by atoms with Gasteiger partial charge in [-0.3, -0.25) is 4.79 Å². The van der Waals surface area contributed by atoms with E-state index >= 15 is 0 Å². The van der Waals surface area contributed by atoms with Crippen molar-refractivity contribution in [2.75, 3.05) is 6.61 Å². The number of fused-ring (bicyclic) bond motifs is 1. The van der Waals surface area contributed by atoms with E-state index in [4.69, 9.17) is 4.74 Å². The Bertz CT molecular complexity index is 457. The van der Waals surface area contributed by atoms with E-state index in [1.807, 2.05) is 19.1 Å². The molecule has 0 radical (unpaired) electrons. The highest BCUT2D eigenvalue weighted by Crippen LogP contribution is 2.33. The molecule has 1 N–H and O–H groups in total. The molecule has 0 saturated carbocycles. The first-order valence-electron chi connectivity index (χ1n) is 6.26. The lowest BCUT2D eigenvalue weighted by Crippen LogP contribution is -2.22. The van der Waals surface area contributed by atoms with Gasteiger partial charge in [-0.1, -0.05) is 29.3 Å². The number of Topliss-reactive ketones (excluding diaryl/α,β-unsaturated/α-hetero) is 1. The maximum atomic E-state index is 11.9. The van der Waals surface area contributed by atoms with Crippen molar-refractivity contribution in [3.05, 3.63) is 27.7 Å². The van der Waals surface area contributed by atoms with Gasteiger partial charge < -0.3 is 9.84 Å². The number of halogens is 1. The molecule has 3 nitrogen and oxygen atoms in total. The molecule has 4 heteroatoms. The standard InChI is InChI=1S/C14H17BrO3/c1-2-3-12(16)13(17)8-10-7-11(15)6-9-4-5-18-14(9)10/h6-7,12,16H,2-5,8H2,1H3. The molecule has 1 atom stereocenters. The Morgan fingerprint density at radius 2 is 2.33 bits per heavy atom. The number of carbonyl (C=O) groups is 1. The van der Waals surface area contributed by atoms with Gasteiger partial charge in [-0.05, 0) is 24.1 Å². The summed E-state index contributed by atoms with van der Waals surface area (Å²) >= 11 is 3.44. The van der Waals surface area contributed by atoms with E-state index in [2.05, 4.69) is 15.9 Å². The van der Waals surface area contributed by atoms with Gasteiger partial charge in [-0.25, -0.2) is 0 Å². The van der Waals surface area contributed by atoms with Crippen molar-refractivity contribution >= 4 is 21.7 Å². The Hall–Kier alpha value is -0.870. The normalized spacial score (nSPS) is 15.1. The molecule has 0 spiro atoms. The van der Waals surface area contributed by atoms with Gasteiger partial charge in [-0.15, -0.1) is 0 Å². The second-order valence-corrected chi connectivity index (χ2v) is 5.51. The van der Waals surface area contributed by atoms with Crippen LogP contribution in [-0.2, 0) is 17.6 Å². The number of benzene rings is 1. The van der Waals surface area contributed by atoms with E-state index in [1.165, 1.54) is 0 Å². The smallest absolute Gasteiger partial charge is 0.165 e. The van der Waals surface area contributed by atoms with Gasteiger partial charge in [0.2, 0.25) is 0 Å². The van der Waals surface area contributed by atoms with Crippen molar-refractivity contribution in [3.63, 3.8) is 0 Å². The van der Waals surface area contributed by atoms with Crippen LogP contribution in [0.1, 0.15) is 30.9 Å². The number of ketones is 1. The zero-order valence-electron chi connectivity index (χ0n) is 10.4. The molecule has 0 saturated heterocycles. The summed E-state index contributed by atoms with van der Waals surface area (Å²) in [6.45, 7) is 2.63. The van der Waals surface area contributed by atoms with Crippen LogP contribution in [-0.4, -0.2) is 23.6 Å². The van der Waals surface area contributed by atoms with Gasteiger partial charge >= 0.3 is 0 Å². The highest BCUT2D eigenvalue weighted by molar-refractivity contribution is 9.10. The van der Waals surface area contributed by atoms with Crippen molar-refractivity contribution < 1.29 is 14.6 Å². The van der Waals surface area contributed by atoms with E-state index in [9.17, 15) is 9.90 Å². The molecule has 0 amide bonds. The van der Waals surface area contributed by atoms with Gasteiger partial charge in [0.25, 0.3) is 0 Å². The highest BCUT2D eigenvalue weighted by Gasteiger charge is 2.21. The van der Waals surface area contributed by atoms with Gasteiger partial charge in [0, 0.05) is 22.9 Å². The summed E-state index contributed by atoms with van der Waals surface area (Å²) in [4.78, 5) is 11.9. The molecule has 1 aromatic carbocycles. The highest BCUT2D eigenvalue weighted by atomic mass is 79.9. The summed E-state index contributed by atoms with van der Waals surface area (Å²) in [5, 5.41) is 9.69. The summed E-state index contributed by atoms with van der Waals surface area (Å²) in [7, 11) is 0. The van der Waals surface area contributed by atoms with Crippen LogP contribution in [0.2, 0.25) is 0 Å². The number of hydrogen-bond acceptors (Lipinski definition) is 3. The summed E-state index contributed by atoms with van der Waals surface area (Å²) in [6, 6.07) is 3.93. The molecule has 0 aromatic heterocycles. The number of aliphatic hydroxyl groups is 1.